The van der Waals surface area contributed by atoms with E-state index < -0.39 is 16.1 Å². The third-order valence-electron chi connectivity index (χ3n) is 3.60. The van der Waals surface area contributed by atoms with Gasteiger partial charge in [-0.1, -0.05) is 33.6 Å². The maximum absolute atomic E-state index is 12.8. The summed E-state index contributed by atoms with van der Waals surface area (Å²) in [7, 11) is -0.769. The molecule has 1 N–H and O–H groups in total. The van der Waals surface area contributed by atoms with Gasteiger partial charge in [-0.05, 0) is 38.1 Å². The summed E-state index contributed by atoms with van der Waals surface area (Å²) in [6.45, 7) is 3.72. The van der Waals surface area contributed by atoms with Crippen molar-refractivity contribution in [2.45, 2.75) is 24.8 Å². The Hall–Kier alpha value is -1.57. The Kier molecular flexibility index (Phi) is 5.90. The zero-order valence-electron chi connectivity index (χ0n) is 14.0. The minimum atomic E-state index is -3.77. The van der Waals surface area contributed by atoms with Crippen molar-refractivity contribution in [1.82, 2.24) is 4.72 Å². The molecule has 2 aromatic rings. The smallest absolute Gasteiger partial charge is 0.244 e. The number of hydrogen-bond donors (Lipinski definition) is 1. The number of aryl methyl sites for hydroxylation is 1. The summed E-state index contributed by atoms with van der Waals surface area (Å²) in [5, 5.41) is 0. The van der Waals surface area contributed by atoms with Crippen molar-refractivity contribution in [3.05, 3.63) is 52.0 Å². The van der Waals surface area contributed by atoms with Crippen molar-refractivity contribution in [2.24, 2.45) is 0 Å². The number of nitrogens with one attached hydrogen (secondary N) is 1. The van der Waals surface area contributed by atoms with Crippen LogP contribution in [0.4, 0.5) is 0 Å². The third kappa shape index (κ3) is 4.09. The van der Waals surface area contributed by atoms with Gasteiger partial charge in [0.25, 0.3) is 0 Å². The standard InChI is InChI=1S/C17H20BrNO4S/c1-11-5-7-15(22-3)14(9-11)12(2)19-24(20,21)17-10-13(18)6-8-16(17)23-4/h5-10,12,19H,1-4H3. The predicted octanol–water partition coefficient (Wildman–Crippen LogP) is 3.81. The summed E-state index contributed by atoms with van der Waals surface area (Å²) in [4.78, 5) is 0.0813. The lowest BCUT2D eigenvalue weighted by Crippen LogP contribution is -2.27. The molecule has 0 aromatic heterocycles. The van der Waals surface area contributed by atoms with E-state index in [1.807, 2.05) is 25.1 Å². The highest BCUT2D eigenvalue weighted by Crippen LogP contribution is 2.31. The molecule has 0 heterocycles. The van der Waals surface area contributed by atoms with Crippen molar-refractivity contribution in [2.75, 3.05) is 14.2 Å². The van der Waals surface area contributed by atoms with E-state index in [1.54, 1.807) is 26.2 Å². The fraction of sp³-hybridized carbons (Fsp3) is 0.294. The summed E-state index contributed by atoms with van der Waals surface area (Å²) >= 11 is 3.29. The van der Waals surface area contributed by atoms with Crippen LogP contribution in [0, 0.1) is 6.92 Å². The molecule has 2 aromatic carbocycles. The number of hydrogen-bond acceptors (Lipinski definition) is 4. The predicted molar refractivity (Wildman–Crippen MR) is 97.2 cm³/mol. The van der Waals surface area contributed by atoms with Crippen molar-refractivity contribution in [3.8, 4) is 11.5 Å². The third-order valence-corrected chi connectivity index (χ3v) is 5.65. The van der Waals surface area contributed by atoms with Gasteiger partial charge in [0.05, 0.1) is 14.2 Å². The fourth-order valence-electron chi connectivity index (χ4n) is 2.41. The summed E-state index contributed by atoms with van der Waals surface area (Å²) < 4.78 is 39.4. The minimum absolute atomic E-state index is 0.0813. The van der Waals surface area contributed by atoms with E-state index in [0.29, 0.717) is 10.2 Å². The Morgan fingerprint density at radius 2 is 1.67 bits per heavy atom. The van der Waals surface area contributed by atoms with Crippen LogP contribution in [0.2, 0.25) is 0 Å². The molecule has 0 spiro atoms. The molecule has 24 heavy (non-hydrogen) atoms. The molecule has 0 saturated heterocycles. The van der Waals surface area contributed by atoms with E-state index in [0.717, 1.165) is 11.1 Å². The summed E-state index contributed by atoms with van der Waals surface area (Å²) in [6, 6.07) is 10.0. The van der Waals surface area contributed by atoms with Crippen LogP contribution in [-0.2, 0) is 10.0 Å². The van der Waals surface area contributed by atoms with Gasteiger partial charge in [0.1, 0.15) is 16.4 Å². The zero-order valence-corrected chi connectivity index (χ0v) is 16.4. The van der Waals surface area contributed by atoms with E-state index in [-0.39, 0.29) is 10.6 Å². The van der Waals surface area contributed by atoms with E-state index in [1.165, 1.54) is 13.2 Å². The first kappa shape index (κ1) is 18.8. The molecule has 1 atom stereocenters. The monoisotopic (exact) mass is 413 g/mol. The molecule has 2 rings (SSSR count). The number of sulfonamides is 1. The van der Waals surface area contributed by atoms with Gasteiger partial charge in [0.15, 0.2) is 0 Å². The molecule has 0 aliphatic carbocycles. The highest BCUT2D eigenvalue weighted by molar-refractivity contribution is 9.10. The number of methoxy groups -OCH3 is 2. The van der Waals surface area contributed by atoms with Crippen LogP contribution in [0.25, 0.3) is 0 Å². The first-order valence-electron chi connectivity index (χ1n) is 7.29. The Morgan fingerprint density at radius 3 is 2.29 bits per heavy atom. The van der Waals surface area contributed by atoms with Crippen LogP contribution >= 0.6 is 15.9 Å². The van der Waals surface area contributed by atoms with Gasteiger partial charge in [-0.2, -0.15) is 0 Å². The fourth-order valence-corrected chi connectivity index (χ4v) is 4.34. The average molecular weight is 414 g/mol. The maximum Gasteiger partial charge on any atom is 0.244 e. The molecule has 0 aliphatic rings. The largest absolute Gasteiger partial charge is 0.496 e. The van der Waals surface area contributed by atoms with Crippen molar-refractivity contribution >= 4 is 26.0 Å². The summed E-state index contributed by atoms with van der Waals surface area (Å²) in [5.41, 5.74) is 1.80. The number of ether oxygens (including phenoxy) is 2. The van der Waals surface area contributed by atoms with Crippen LogP contribution in [-0.4, -0.2) is 22.6 Å². The topological polar surface area (TPSA) is 64.6 Å². The van der Waals surface area contributed by atoms with Gasteiger partial charge >= 0.3 is 0 Å². The number of benzene rings is 2. The molecule has 0 amide bonds. The molecule has 130 valence electrons. The minimum Gasteiger partial charge on any atom is -0.496 e. The Morgan fingerprint density at radius 1 is 1.04 bits per heavy atom. The molecule has 7 heteroatoms. The van der Waals surface area contributed by atoms with Crippen LogP contribution in [0.15, 0.2) is 45.8 Å². The van der Waals surface area contributed by atoms with E-state index in [4.69, 9.17) is 9.47 Å². The molecular formula is C17H20BrNO4S. The Bertz CT molecular complexity index is 836. The van der Waals surface area contributed by atoms with Gasteiger partial charge in [-0.15, -0.1) is 0 Å². The first-order valence-corrected chi connectivity index (χ1v) is 9.56. The summed E-state index contributed by atoms with van der Waals surface area (Å²) in [6.07, 6.45) is 0. The summed E-state index contributed by atoms with van der Waals surface area (Å²) in [5.74, 6) is 0.922. The van der Waals surface area contributed by atoms with Crippen molar-refractivity contribution in [1.29, 1.82) is 0 Å². The molecule has 0 bridgehead atoms. The van der Waals surface area contributed by atoms with Crippen LogP contribution in [0.3, 0.4) is 0 Å². The molecule has 5 nitrogen and oxygen atoms in total. The molecule has 1 unspecified atom stereocenters. The zero-order chi connectivity index (χ0) is 17.9. The lowest BCUT2D eigenvalue weighted by atomic mass is 10.1. The quantitative estimate of drug-likeness (QED) is 0.781. The maximum atomic E-state index is 12.8. The second kappa shape index (κ2) is 7.55. The number of rotatable bonds is 6. The van der Waals surface area contributed by atoms with Crippen LogP contribution in [0.1, 0.15) is 24.1 Å². The molecule has 0 fully saturated rings. The first-order chi connectivity index (χ1) is 11.3. The SMILES string of the molecule is COc1ccc(C)cc1C(C)NS(=O)(=O)c1cc(Br)ccc1OC. The van der Waals surface area contributed by atoms with Gasteiger partial charge in [-0.3, -0.25) is 0 Å². The van der Waals surface area contributed by atoms with Gasteiger partial charge in [-0.25, -0.2) is 13.1 Å². The Balaban J connectivity index is 2.39. The van der Waals surface area contributed by atoms with Crippen molar-refractivity contribution < 1.29 is 17.9 Å². The lowest BCUT2D eigenvalue weighted by molar-refractivity contribution is 0.400. The second-order valence-corrected chi connectivity index (χ2v) is 7.98. The number of halogens is 1. The van der Waals surface area contributed by atoms with Crippen LogP contribution < -0.4 is 14.2 Å². The van der Waals surface area contributed by atoms with Gasteiger partial charge in [0.2, 0.25) is 10.0 Å². The second-order valence-electron chi connectivity index (χ2n) is 5.38. The highest BCUT2D eigenvalue weighted by Gasteiger charge is 2.24. The van der Waals surface area contributed by atoms with E-state index in [2.05, 4.69) is 20.7 Å². The molecule has 0 aliphatic heterocycles. The highest BCUT2D eigenvalue weighted by atomic mass is 79.9. The van der Waals surface area contributed by atoms with E-state index >= 15 is 0 Å². The molecule has 0 radical (unpaired) electrons. The lowest BCUT2D eigenvalue weighted by Gasteiger charge is -2.19. The van der Waals surface area contributed by atoms with Gasteiger partial charge < -0.3 is 9.47 Å². The Labute approximate surface area is 151 Å². The molecular weight excluding hydrogens is 394 g/mol. The normalized spacial score (nSPS) is 12.7. The van der Waals surface area contributed by atoms with Crippen molar-refractivity contribution in [3.63, 3.8) is 0 Å². The van der Waals surface area contributed by atoms with Crippen LogP contribution in [0.5, 0.6) is 11.5 Å². The van der Waals surface area contributed by atoms with Gasteiger partial charge in [0, 0.05) is 16.1 Å². The van der Waals surface area contributed by atoms with E-state index in [9.17, 15) is 8.42 Å². The molecule has 0 saturated carbocycles. The average Bonchev–Trinajstić information content (AvgIpc) is 2.54.